The van der Waals surface area contributed by atoms with Gasteiger partial charge in [-0.1, -0.05) is 42.8 Å². The Labute approximate surface area is 167 Å². The van der Waals surface area contributed by atoms with Crippen molar-refractivity contribution in [1.29, 1.82) is 0 Å². The number of carbonyl (C=O) groups is 2. The third-order valence-corrected chi connectivity index (χ3v) is 5.40. The van der Waals surface area contributed by atoms with Crippen molar-refractivity contribution in [2.45, 2.75) is 20.3 Å². The van der Waals surface area contributed by atoms with Crippen molar-refractivity contribution >= 4 is 46.1 Å². The second kappa shape index (κ2) is 8.37. The van der Waals surface area contributed by atoms with Gasteiger partial charge in [-0.3, -0.25) is 9.59 Å². The average molecular weight is 399 g/mol. The summed E-state index contributed by atoms with van der Waals surface area (Å²) in [6.45, 7) is 4.01. The van der Waals surface area contributed by atoms with Gasteiger partial charge < -0.3 is 10.6 Å². The van der Waals surface area contributed by atoms with E-state index < -0.39 is 0 Å². The molecule has 0 atom stereocenters. The largest absolute Gasteiger partial charge is 0.321 e. The van der Waals surface area contributed by atoms with Crippen LogP contribution >= 0.6 is 22.9 Å². The summed E-state index contributed by atoms with van der Waals surface area (Å²) in [6.07, 6.45) is 0.819. The van der Waals surface area contributed by atoms with Gasteiger partial charge in [0.05, 0.1) is 15.6 Å². The molecule has 0 bridgehead atoms. The molecule has 3 rings (SSSR count). The third kappa shape index (κ3) is 4.38. The number of benzene rings is 2. The molecule has 2 aromatic carbocycles. The quantitative estimate of drug-likeness (QED) is 0.572. The van der Waals surface area contributed by atoms with Gasteiger partial charge in [0.2, 0.25) is 0 Å². The first-order valence-electron chi connectivity index (χ1n) is 8.54. The van der Waals surface area contributed by atoms with Crippen molar-refractivity contribution in [3.63, 3.8) is 0 Å². The highest BCUT2D eigenvalue weighted by Crippen LogP contribution is 2.26. The molecule has 27 heavy (non-hydrogen) atoms. The van der Waals surface area contributed by atoms with Crippen molar-refractivity contribution in [2.24, 2.45) is 0 Å². The van der Waals surface area contributed by atoms with Crippen LogP contribution in [0.15, 0.2) is 53.9 Å². The molecule has 0 saturated carbocycles. The van der Waals surface area contributed by atoms with Gasteiger partial charge >= 0.3 is 0 Å². The van der Waals surface area contributed by atoms with Crippen LogP contribution in [0, 0.1) is 6.92 Å². The van der Waals surface area contributed by atoms with Gasteiger partial charge in [0.25, 0.3) is 11.8 Å². The Morgan fingerprint density at radius 3 is 2.56 bits per heavy atom. The molecule has 0 aliphatic rings. The minimum atomic E-state index is -0.253. The first kappa shape index (κ1) is 19.1. The lowest BCUT2D eigenvalue weighted by Crippen LogP contribution is -2.16. The Kier molecular flexibility index (Phi) is 5.94. The number of halogens is 1. The van der Waals surface area contributed by atoms with E-state index >= 15 is 0 Å². The third-order valence-electron chi connectivity index (χ3n) is 4.20. The molecule has 0 unspecified atom stereocenters. The molecule has 1 aromatic heterocycles. The summed E-state index contributed by atoms with van der Waals surface area (Å²) in [5.74, 6) is -0.501. The van der Waals surface area contributed by atoms with E-state index in [0.717, 1.165) is 23.2 Å². The Bertz CT molecular complexity index is 984. The number of carbonyl (C=O) groups excluding carboxylic acids is 2. The molecule has 1 heterocycles. The summed E-state index contributed by atoms with van der Waals surface area (Å²) in [6, 6.07) is 14.3. The predicted molar refractivity (Wildman–Crippen MR) is 112 cm³/mol. The molecular formula is C21H19ClN2O2S. The summed E-state index contributed by atoms with van der Waals surface area (Å²) in [4.78, 5) is 25.6. The van der Waals surface area contributed by atoms with E-state index in [0.29, 0.717) is 21.2 Å². The minimum Gasteiger partial charge on any atom is -0.321 e. The van der Waals surface area contributed by atoms with E-state index in [9.17, 15) is 9.59 Å². The smallest absolute Gasteiger partial charge is 0.265 e. The van der Waals surface area contributed by atoms with E-state index in [4.69, 9.17) is 11.6 Å². The second-order valence-electron chi connectivity index (χ2n) is 6.04. The highest BCUT2D eigenvalue weighted by Gasteiger charge is 2.14. The standard InChI is InChI=1S/C21H19ClN2O2S/c1-3-14-7-4-6-13(2)19(14)24-20(25)15-9-10-16(22)17(12-15)23-21(26)18-8-5-11-27-18/h4-12H,3H2,1-2H3,(H,23,26)(H,24,25). The summed E-state index contributed by atoms with van der Waals surface area (Å²) in [5.41, 5.74) is 3.73. The zero-order valence-corrected chi connectivity index (χ0v) is 16.6. The highest BCUT2D eigenvalue weighted by molar-refractivity contribution is 7.12. The number of nitrogens with one attached hydrogen (secondary N) is 2. The Morgan fingerprint density at radius 2 is 1.85 bits per heavy atom. The van der Waals surface area contributed by atoms with Crippen LogP contribution in [0.3, 0.4) is 0 Å². The summed E-state index contributed by atoms with van der Waals surface area (Å²) < 4.78 is 0. The van der Waals surface area contributed by atoms with Crippen LogP contribution in [0.4, 0.5) is 11.4 Å². The topological polar surface area (TPSA) is 58.2 Å². The first-order valence-corrected chi connectivity index (χ1v) is 9.79. The second-order valence-corrected chi connectivity index (χ2v) is 7.40. The summed E-state index contributed by atoms with van der Waals surface area (Å²) in [7, 11) is 0. The minimum absolute atomic E-state index is 0.248. The number of aryl methyl sites for hydroxylation is 2. The Balaban J connectivity index is 1.83. The lowest BCUT2D eigenvalue weighted by molar-refractivity contribution is 0.101. The zero-order chi connectivity index (χ0) is 19.4. The molecule has 3 aromatic rings. The average Bonchev–Trinajstić information content (AvgIpc) is 3.20. The van der Waals surface area contributed by atoms with Crippen molar-refractivity contribution in [3.8, 4) is 0 Å². The number of amides is 2. The molecule has 0 spiro atoms. The monoisotopic (exact) mass is 398 g/mol. The maximum Gasteiger partial charge on any atom is 0.265 e. The van der Waals surface area contributed by atoms with E-state index in [2.05, 4.69) is 10.6 Å². The van der Waals surface area contributed by atoms with Crippen molar-refractivity contribution in [3.05, 3.63) is 80.5 Å². The molecule has 6 heteroatoms. The number of thiophene rings is 1. The maximum absolute atomic E-state index is 12.7. The molecule has 4 nitrogen and oxygen atoms in total. The number of para-hydroxylation sites is 1. The molecule has 0 aliphatic heterocycles. The van der Waals surface area contributed by atoms with Crippen molar-refractivity contribution in [1.82, 2.24) is 0 Å². The van der Waals surface area contributed by atoms with Crippen LogP contribution in [0.25, 0.3) is 0 Å². The van der Waals surface area contributed by atoms with Gasteiger partial charge in [-0.05, 0) is 54.1 Å². The van der Waals surface area contributed by atoms with Gasteiger partial charge in [0.1, 0.15) is 0 Å². The van der Waals surface area contributed by atoms with E-state index in [1.54, 1.807) is 30.3 Å². The predicted octanol–water partition coefficient (Wildman–Crippen LogP) is 5.78. The summed E-state index contributed by atoms with van der Waals surface area (Å²) in [5, 5.41) is 7.95. The molecule has 0 saturated heterocycles. The molecular weight excluding hydrogens is 380 g/mol. The highest BCUT2D eigenvalue weighted by atomic mass is 35.5. The fraction of sp³-hybridized carbons (Fsp3) is 0.143. The number of hydrogen-bond acceptors (Lipinski definition) is 3. The van der Waals surface area contributed by atoms with Crippen LogP contribution in [0.2, 0.25) is 5.02 Å². The normalized spacial score (nSPS) is 10.5. The molecule has 138 valence electrons. The fourth-order valence-corrected chi connectivity index (χ4v) is 3.53. The zero-order valence-electron chi connectivity index (χ0n) is 15.0. The number of rotatable bonds is 5. The molecule has 0 radical (unpaired) electrons. The number of anilines is 2. The van der Waals surface area contributed by atoms with Gasteiger partial charge in [0, 0.05) is 11.3 Å². The van der Waals surface area contributed by atoms with Crippen LogP contribution in [-0.4, -0.2) is 11.8 Å². The van der Waals surface area contributed by atoms with E-state index in [1.807, 2.05) is 37.4 Å². The Hall–Kier alpha value is -2.63. The summed E-state index contributed by atoms with van der Waals surface area (Å²) >= 11 is 7.54. The number of hydrogen-bond donors (Lipinski definition) is 2. The lowest BCUT2D eigenvalue weighted by atomic mass is 10.1. The van der Waals surface area contributed by atoms with E-state index in [1.165, 1.54) is 11.3 Å². The van der Waals surface area contributed by atoms with E-state index in [-0.39, 0.29) is 11.8 Å². The van der Waals surface area contributed by atoms with Crippen LogP contribution < -0.4 is 10.6 Å². The van der Waals surface area contributed by atoms with Gasteiger partial charge in [-0.2, -0.15) is 0 Å². The maximum atomic E-state index is 12.7. The first-order chi connectivity index (χ1) is 13.0. The van der Waals surface area contributed by atoms with Crippen LogP contribution in [0.1, 0.15) is 38.1 Å². The van der Waals surface area contributed by atoms with Crippen LogP contribution in [0.5, 0.6) is 0 Å². The fourth-order valence-electron chi connectivity index (χ4n) is 2.74. The van der Waals surface area contributed by atoms with Crippen molar-refractivity contribution < 1.29 is 9.59 Å². The molecule has 0 aliphatic carbocycles. The SMILES string of the molecule is CCc1cccc(C)c1NC(=O)c1ccc(Cl)c(NC(=O)c2cccs2)c1. The van der Waals surface area contributed by atoms with Gasteiger partial charge in [-0.15, -0.1) is 11.3 Å². The van der Waals surface area contributed by atoms with Crippen molar-refractivity contribution in [2.75, 3.05) is 10.6 Å². The Morgan fingerprint density at radius 1 is 1.04 bits per heavy atom. The van der Waals surface area contributed by atoms with Gasteiger partial charge in [0.15, 0.2) is 0 Å². The molecule has 2 amide bonds. The van der Waals surface area contributed by atoms with Crippen LogP contribution in [-0.2, 0) is 6.42 Å². The molecule has 2 N–H and O–H groups in total. The molecule has 0 fully saturated rings. The lowest BCUT2D eigenvalue weighted by Gasteiger charge is -2.14. The van der Waals surface area contributed by atoms with Gasteiger partial charge in [-0.25, -0.2) is 0 Å².